The second kappa shape index (κ2) is 10.00. The Hall–Kier alpha value is -4.92. The van der Waals surface area contributed by atoms with Crippen LogP contribution in [0.5, 0.6) is 0 Å². The van der Waals surface area contributed by atoms with Crippen LogP contribution in [0.1, 0.15) is 32.1 Å². The van der Waals surface area contributed by atoms with Crippen LogP contribution in [0.4, 0.5) is 10.1 Å². The summed E-state index contributed by atoms with van der Waals surface area (Å²) in [4.78, 5) is 29.9. The van der Waals surface area contributed by atoms with E-state index in [1.807, 2.05) is 30.3 Å². The van der Waals surface area contributed by atoms with Gasteiger partial charge in [0.2, 0.25) is 5.91 Å². The number of carbonyl (C=O) groups is 1. The summed E-state index contributed by atoms with van der Waals surface area (Å²) >= 11 is 0. The van der Waals surface area contributed by atoms with Crippen molar-refractivity contribution in [1.82, 2.24) is 30.1 Å². The molecule has 5 heterocycles. The Morgan fingerprint density at radius 1 is 0.950 bits per heavy atom. The van der Waals surface area contributed by atoms with Crippen LogP contribution in [0, 0.1) is 11.7 Å². The van der Waals surface area contributed by atoms with E-state index < -0.39 is 0 Å². The van der Waals surface area contributed by atoms with E-state index in [0.29, 0.717) is 33.8 Å². The van der Waals surface area contributed by atoms with Gasteiger partial charge in [0.05, 0.1) is 34.5 Å². The van der Waals surface area contributed by atoms with E-state index in [1.54, 1.807) is 36.8 Å². The van der Waals surface area contributed by atoms with E-state index in [1.165, 1.54) is 12.5 Å². The Morgan fingerprint density at radius 2 is 1.82 bits per heavy atom. The molecule has 6 aromatic rings. The number of halogens is 1. The molecule has 0 atom stereocenters. The average Bonchev–Trinajstić information content (AvgIpc) is 3.62. The van der Waals surface area contributed by atoms with Crippen molar-refractivity contribution < 1.29 is 9.18 Å². The number of hydrogen-bond acceptors (Lipinski definition) is 5. The molecule has 40 heavy (non-hydrogen) atoms. The number of nitrogens with zero attached hydrogens (tertiary/aromatic N) is 4. The second-order valence-corrected chi connectivity index (χ2v) is 10.2. The molecule has 1 saturated carbocycles. The molecule has 8 nitrogen and oxygen atoms in total. The Balaban J connectivity index is 1.23. The monoisotopic (exact) mass is 531 g/mol. The third kappa shape index (κ3) is 4.39. The molecule has 1 aromatic carbocycles. The van der Waals surface area contributed by atoms with Gasteiger partial charge in [-0.05, 0) is 55.3 Å². The lowest BCUT2D eigenvalue weighted by Gasteiger charge is -2.20. The number of nitrogens with one attached hydrogen (secondary N) is 3. The number of rotatable bonds is 5. The summed E-state index contributed by atoms with van der Waals surface area (Å²) in [7, 11) is 0. The molecule has 0 radical (unpaired) electrons. The summed E-state index contributed by atoms with van der Waals surface area (Å²) in [5, 5.41) is 11.4. The SMILES string of the molecule is O=C(Nc1cncc(-c2ccc3[nH]nc(-c4cc5c(-c6ccccc6F)nccc5[nH]4)c3n2)c1)C1CCCCC1. The van der Waals surface area contributed by atoms with Crippen molar-refractivity contribution in [3.63, 3.8) is 0 Å². The van der Waals surface area contributed by atoms with Crippen LogP contribution in [0.3, 0.4) is 0 Å². The number of pyridine rings is 3. The van der Waals surface area contributed by atoms with Crippen LogP contribution in [0.15, 0.2) is 73.2 Å². The maximum Gasteiger partial charge on any atom is 0.227 e. The molecule has 0 aliphatic heterocycles. The molecular weight excluding hydrogens is 505 g/mol. The summed E-state index contributed by atoms with van der Waals surface area (Å²) < 4.78 is 14.6. The van der Waals surface area contributed by atoms with E-state index in [2.05, 4.69) is 30.5 Å². The quantitative estimate of drug-likeness (QED) is 0.224. The van der Waals surface area contributed by atoms with Gasteiger partial charge in [-0.15, -0.1) is 0 Å². The summed E-state index contributed by atoms with van der Waals surface area (Å²) in [6.07, 6.45) is 10.3. The molecule has 0 unspecified atom stereocenters. The van der Waals surface area contributed by atoms with E-state index in [0.717, 1.165) is 53.4 Å². The Bertz CT molecular complexity index is 1870. The van der Waals surface area contributed by atoms with Crippen LogP contribution in [0.2, 0.25) is 0 Å². The van der Waals surface area contributed by atoms with Gasteiger partial charge in [0.15, 0.2) is 0 Å². The van der Waals surface area contributed by atoms with Crippen molar-refractivity contribution >= 4 is 33.5 Å². The molecule has 1 aliphatic rings. The molecule has 3 N–H and O–H groups in total. The average molecular weight is 532 g/mol. The normalized spacial score (nSPS) is 14.1. The zero-order chi connectivity index (χ0) is 27.1. The number of amides is 1. The number of hydrogen-bond donors (Lipinski definition) is 3. The molecule has 0 bridgehead atoms. The van der Waals surface area contributed by atoms with Crippen molar-refractivity contribution in [3.05, 3.63) is 79.0 Å². The van der Waals surface area contributed by atoms with Gasteiger partial charge >= 0.3 is 0 Å². The van der Waals surface area contributed by atoms with Gasteiger partial charge in [0.1, 0.15) is 17.0 Å². The van der Waals surface area contributed by atoms with Crippen molar-refractivity contribution in [2.75, 3.05) is 5.32 Å². The third-order valence-electron chi connectivity index (χ3n) is 7.62. The predicted molar refractivity (Wildman–Crippen MR) is 153 cm³/mol. The Morgan fingerprint density at radius 3 is 2.70 bits per heavy atom. The number of carbonyl (C=O) groups excluding carboxylic acids is 1. The first-order valence-corrected chi connectivity index (χ1v) is 13.5. The highest BCUT2D eigenvalue weighted by molar-refractivity contribution is 5.99. The summed E-state index contributed by atoms with van der Waals surface area (Å²) in [5.74, 6) is -0.208. The first kappa shape index (κ1) is 24.1. The standard InChI is InChI=1S/C31H26FN7O/c32-23-9-5-4-8-21(23)28-22-15-27(36-25(22)12-13-34-28)30-29-26(38-39-30)11-10-24(37-29)19-14-20(17-33-16-19)35-31(40)18-6-2-1-3-7-18/h4-5,8-18,36H,1-3,6-7H2,(H,35,40)(H,38,39). The first-order valence-electron chi connectivity index (χ1n) is 13.5. The largest absolute Gasteiger partial charge is 0.353 e. The zero-order valence-corrected chi connectivity index (χ0v) is 21.6. The summed E-state index contributed by atoms with van der Waals surface area (Å²) in [6, 6.07) is 16.1. The molecule has 7 rings (SSSR count). The summed E-state index contributed by atoms with van der Waals surface area (Å²) in [5.41, 5.74) is 6.82. The molecule has 5 aromatic heterocycles. The van der Waals surface area contributed by atoms with Gasteiger partial charge < -0.3 is 10.3 Å². The molecule has 1 fully saturated rings. The van der Waals surface area contributed by atoms with E-state index in [9.17, 15) is 9.18 Å². The van der Waals surface area contributed by atoms with E-state index >= 15 is 0 Å². The molecule has 0 spiro atoms. The predicted octanol–water partition coefficient (Wildman–Crippen LogP) is 6.89. The van der Waals surface area contributed by atoms with Crippen molar-refractivity contribution in [2.24, 2.45) is 5.92 Å². The minimum Gasteiger partial charge on any atom is -0.353 e. The van der Waals surface area contributed by atoms with Gasteiger partial charge in [-0.2, -0.15) is 5.10 Å². The maximum atomic E-state index is 14.6. The van der Waals surface area contributed by atoms with Crippen molar-refractivity contribution in [2.45, 2.75) is 32.1 Å². The van der Waals surface area contributed by atoms with Gasteiger partial charge in [-0.1, -0.05) is 31.4 Å². The summed E-state index contributed by atoms with van der Waals surface area (Å²) in [6.45, 7) is 0. The van der Waals surface area contributed by atoms with Crippen molar-refractivity contribution in [3.8, 4) is 33.9 Å². The third-order valence-corrected chi connectivity index (χ3v) is 7.62. The molecule has 1 aliphatic carbocycles. The minimum absolute atomic E-state index is 0.0576. The van der Waals surface area contributed by atoms with Gasteiger partial charge in [0, 0.05) is 40.3 Å². The maximum absolute atomic E-state index is 14.6. The van der Waals surface area contributed by atoms with Crippen LogP contribution in [0.25, 0.3) is 55.8 Å². The molecule has 1 amide bonds. The van der Waals surface area contributed by atoms with Gasteiger partial charge in [-0.3, -0.25) is 19.9 Å². The molecular formula is C31H26FN7O. The lowest BCUT2D eigenvalue weighted by molar-refractivity contribution is -0.120. The fourth-order valence-electron chi connectivity index (χ4n) is 5.55. The lowest BCUT2D eigenvalue weighted by Crippen LogP contribution is -2.24. The number of anilines is 1. The Kier molecular flexibility index (Phi) is 6.03. The molecule has 0 saturated heterocycles. The first-order chi connectivity index (χ1) is 19.6. The van der Waals surface area contributed by atoms with E-state index in [-0.39, 0.29) is 17.6 Å². The molecule has 198 valence electrons. The lowest BCUT2D eigenvalue weighted by atomic mass is 9.88. The number of benzene rings is 1. The molecule has 9 heteroatoms. The minimum atomic E-state index is -0.326. The van der Waals surface area contributed by atoms with Crippen LogP contribution >= 0.6 is 0 Å². The van der Waals surface area contributed by atoms with Gasteiger partial charge in [-0.25, -0.2) is 9.37 Å². The number of aromatic amines is 2. The number of fused-ring (bicyclic) bond motifs is 2. The van der Waals surface area contributed by atoms with Crippen LogP contribution in [-0.4, -0.2) is 36.0 Å². The smallest absolute Gasteiger partial charge is 0.227 e. The van der Waals surface area contributed by atoms with Crippen molar-refractivity contribution in [1.29, 1.82) is 0 Å². The second-order valence-electron chi connectivity index (χ2n) is 10.2. The van der Waals surface area contributed by atoms with E-state index in [4.69, 9.17) is 4.98 Å². The highest BCUT2D eigenvalue weighted by Crippen LogP contribution is 2.34. The highest BCUT2D eigenvalue weighted by Gasteiger charge is 2.21. The van der Waals surface area contributed by atoms with Crippen LogP contribution in [-0.2, 0) is 4.79 Å². The number of aromatic nitrogens is 6. The zero-order valence-electron chi connectivity index (χ0n) is 21.6. The Labute approximate surface area is 229 Å². The topological polar surface area (TPSA) is 112 Å². The number of H-pyrrole nitrogens is 2. The fraction of sp³-hybridized carbons (Fsp3) is 0.194. The van der Waals surface area contributed by atoms with Crippen LogP contribution < -0.4 is 5.32 Å². The highest BCUT2D eigenvalue weighted by atomic mass is 19.1. The van der Waals surface area contributed by atoms with Gasteiger partial charge in [0.25, 0.3) is 0 Å². The fourth-order valence-corrected chi connectivity index (χ4v) is 5.55.